The average Bonchev–Trinajstić information content (AvgIpc) is 3.33. The first-order valence-electron chi connectivity index (χ1n) is 8.10. The van der Waals surface area contributed by atoms with Crippen molar-refractivity contribution in [1.82, 2.24) is 14.5 Å². The second-order valence-corrected chi connectivity index (χ2v) is 6.79. The minimum absolute atomic E-state index is 0.000574. The fraction of sp³-hybridized carbons (Fsp3) is 0.158. The Bertz CT molecular complexity index is 952. The Kier molecular flexibility index (Phi) is 4.11. The van der Waals surface area contributed by atoms with E-state index >= 15 is 0 Å². The summed E-state index contributed by atoms with van der Waals surface area (Å²) in [5.41, 5.74) is 3.75. The number of carbonyl (C=O) groups is 1. The maximum absolute atomic E-state index is 12.6. The van der Waals surface area contributed by atoms with Gasteiger partial charge >= 0.3 is 0 Å². The maximum Gasteiger partial charge on any atom is 0.226 e. The van der Waals surface area contributed by atoms with Crippen LogP contribution in [0.25, 0.3) is 11.0 Å². The highest BCUT2D eigenvalue weighted by Crippen LogP contribution is 2.25. The fourth-order valence-corrected chi connectivity index (χ4v) is 3.73. The fourth-order valence-electron chi connectivity index (χ4n) is 3.02. The minimum Gasteiger partial charge on any atom is -0.346 e. The van der Waals surface area contributed by atoms with Crippen LogP contribution >= 0.6 is 11.3 Å². The summed E-state index contributed by atoms with van der Waals surface area (Å²) in [7, 11) is 0. The van der Waals surface area contributed by atoms with Crippen LogP contribution < -0.4 is 5.32 Å². The molecule has 25 heavy (non-hydrogen) atoms. The molecule has 1 unspecified atom stereocenters. The second kappa shape index (κ2) is 6.57. The second-order valence-electron chi connectivity index (χ2n) is 6.01. The monoisotopic (exact) mass is 350 g/mol. The summed E-state index contributed by atoms with van der Waals surface area (Å²) in [4.78, 5) is 20.2. The van der Waals surface area contributed by atoms with Crippen molar-refractivity contribution in [3.05, 3.63) is 70.9 Å². The molecular weight excluding hydrogens is 332 g/mol. The average molecular weight is 350 g/mol. The third-order valence-corrected chi connectivity index (χ3v) is 4.88. The van der Waals surface area contributed by atoms with Crippen molar-refractivity contribution in [2.75, 3.05) is 5.32 Å². The Balaban J connectivity index is 1.53. The molecule has 4 aromatic rings. The van der Waals surface area contributed by atoms with Crippen LogP contribution in [0, 0.1) is 6.92 Å². The van der Waals surface area contributed by atoms with Crippen LogP contribution in [0.4, 0.5) is 5.69 Å². The van der Waals surface area contributed by atoms with Gasteiger partial charge in [0.1, 0.15) is 5.82 Å². The molecule has 3 heterocycles. The molecule has 3 aromatic heterocycles. The van der Waals surface area contributed by atoms with Crippen molar-refractivity contribution in [3.8, 4) is 0 Å². The largest absolute Gasteiger partial charge is 0.346 e. The van der Waals surface area contributed by atoms with E-state index in [2.05, 4.69) is 31.3 Å². The third kappa shape index (κ3) is 3.34. The summed E-state index contributed by atoms with van der Waals surface area (Å²) in [6.07, 6.45) is 4.37. The van der Waals surface area contributed by atoms with Gasteiger partial charge in [0.15, 0.2) is 0 Å². The lowest BCUT2D eigenvalue weighted by Crippen LogP contribution is -2.19. The molecule has 0 aliphatic rings. The van der Waals surface area contributed by atoms with Crippen LogP contribution in [0.5, 0.6) is 0 Å². The topological polar surface area (TPSA) is 62.7 Å². The molecular formula is C19H18N4OS. The number of fused-ring (bicyclic) bond motifs is 1. The summed E-state index contributed by atoms with van der Waals surface area (Å²) < 4.78 is 2.07. The quantitative estimate of drug-likeness (QED) is 0.562. The smallest absolute Gasteiger partial charge is 0.226 e. The standard InChI is InChI=1S/C19H18N4OS/c1-13-20-16-5-4-15(10-17(16)21-13)22-19(24)11-18(14-6-9-25-12-14)23-7-2-3-8-23/h2-10,12,18H,11H2,1H3,(H,20,21)(H,22,24). The number of nitrogens with zero attached hydrogens (tertiary/aromatic N) is 2. The normalized spacial score (nSPS) is 12.4. The van der Waals surface area contributed by atoms with Gasteiger partial charge in [-0.2, -0.15) is 11.3 Å². The number of carbonyl (C=O) groups excluding carboxylic acids is 1. The molecule has 2 N–H and O–H groups in total. The Morgan fingerprint density at radius 1 is 1.32 bits per heavy atom. The van der Waals surface area contributed by atoms with E-state index in [0.717, 1.165) is 28.1 Å². The number of aromatic nitrogens is 3. The van der Waals surface area contributed by atoms with Crippen molar-refractivity contribution in [2.45, 2.75) is 19.4 Å². The minimum atomic E-state index is -0.0134. The molecule has 1 amide bonds. The number of hydrogen-bond acceptors (Lipinski definition) is 3. The number of aryl methyl sites for hydroxylation is 1. The molecule has 0 saturated heterocycles. The summed E-state index contributed by atoms with van der Waals surface area (Å²) in [5.74, 6) is 0.851. The highest BCUT2D eigenvalue weighted by molar-refractivity contribution is 7.08. The van der Waals surface area contributed by atoms with E-state index in [4.69, 9.17) is 0 Å². The Labute approximate surface area is 149 Å². The third-order valence-electron chi connectivity index (χ3n) is 4.18. The Morgan fingerprint density at radius 3 is 2.92 bits per heavy atom. The van der Waals surface area contributed by atoms with Crippen LogP contribution in [0.3, 0.4) is 0 Å². The van der Waals surface area contributed by atoms with E-state index in [-0.39, 0.29) is 11.9 Å². The first-order chi connectivity index (χ1) is 12.2. The zero-order valence-electron chi connectivity index (χ0n) is 13.8. The molecule has 0 bridgehead atoms. The zero-order valence-corrected chi connectivity index (χ0v) is 14.6. The lowest BCUT2D eigenvalue weighted by atomic mass is 10.1. The molecule has 0 radical (unpaired) electrons. The Hall–Kier alpha value is -2.86. The van der Waals surface area contributed by atoms with Crippen LogP contribution in [-0.2, 0) is 4.79 Å². The van der Waals surface area contributed by atoms with Crippen LogP contribution in [0.15, 0.2) is 59.6 Å². The molecule has 0 aliphatic heterocycles. The van der Waals surface area contributed by atoms with Gasteiger partial charge in [-0.1, -0.05) is 0 Å². The lowest BCUT2D eigenvalue weighted by Gasteiger charge is -2.18. The number of nitrogens with one attached hydrogen (secondary N) is 2. The van der Waals surface area contributed by atoms with Gasteiger partial charge in [0, 0.05) is 18.1 Å². The molecule has 126 valence electrons. The molecule has 0 spiro atoms. The van der Waals surface area contributed by atoms with Gasteiger partial charge in [0.25, 0.3) is 0 Å². The van der Waals surface area contributed by atoms with E-state index < -0.39 is 0 Å². The van der Waals surface area contributed by atoms with Crippen LogP contribution in [0.2, 0.25) is 0 Å². The molecule has 0 fully saturated rings. The van der Waals surface area contributed by atoms with Crippen molar-refractivity contribution >= 4 is 34.0 Å². The van der Waals surface area contributed by atoms with Crippen molar-refractivity contribution in [3.63, 3.8) is 0 Å². The van der Waals surface area contributed by atoms with E-state index in [1.807, 2.05) is 55.0 Å². The van der Waals surface area contributed by atoms with Gasteiger partial charge in [-0.15, -0.1) is 0 Å². The number of anilines is 1. The van der Waals surface area contributed by atoms with Gasteiger partial charge in [0.05, 0.1) is 23.5 Å². The van der Waals surface area contributed by atoms with Crippen molar-refractivity contribution < 1.29 is 4.79 Å². The lowest BCUT2D eigenvalue weighted by molar-refractivity contribution is -0.116. The molecule has 1 aromatic carbocycles. The highest BCUT2D eigenvalue weighted by atomic mass is 32.1. The number of amides is 1. The predicted octanol–water partition coefficient (Wildman–Crippen LogP) is 4.35. The van der Waals surface area contributed by atoms with E-state index in [0.29, 0.717) is 6.42 Å². The summed E-state index contributed by atoms with van der Waals surface area (Å²) >= 11 is 1.64. The SMILES string of the molecule is Cc1nc2ccc(NC(=O)CC(c3ccsc3)n3cccc3)cc2[nH]1. The molecule has 5 nitrogen and oxygen atoms in total. The molecule has 0 aliphatic carbocycles. The number of imidazole rings is 1. The molecule has 0 saturated carbocycles. The molecule has 1 atom stereocenters. The summed E-state index contributed by atoms with van der Waals surface area (Å²) in [6, 6.07) is 11.7. The number of H-pyrrole nitrogens is 1. The van der Waals surface area contributed by atoms with Gasteiger partial charge in [0.2, 0.25) is 5.91 Å². The van der Waals surface area contributed by atoms with Gasteiger partial charge in [-0.25, -0.2) is 4.98 Å². The maximum atomic E-state index is 12.6. The van der Waals surface area contributed by atoms with E-state index in [1.165, 1.54) is 0 Å². The number of benzene rings is 1. The number of rotatable bonds is 5. The van der Waals surface area contributed by atoms with Crippen LogP contribution in [0.1, 0.15) is 23.9 Å². The zero-order chi connectivity index (χ0) is 17.2. The predicted molar refractivity (Wildman–Crippen MR) is 101 cm³/mol. The van der Waals surface area contributed by atoms with E-state index in [1.54, 1.807) is 11.3 Å². The van der Waals surface area contributed by atoms with Gasteiger partial charge in [-0.05, 0) is 59.6 Å². The van der Waals surface area contributed by atoms with Crippen molar-refractivity contribution in [2.24, 2.45) is 0 Å². The number of aromatic amines is 1. The molecule has 6 heteroatoms. The Morgan fingerprint density at radius 2 is 2.16 bits per heavy atom. The van der Waals surface area contributed by atoms with Crippen LogP contribution in [-0.4, -0.2) is 20.4 Å². The van der Waals surface area contributed by atoms with Gasteiger partial charge < -0.3 is 14.9 Å². The van der Waals surface area contributed by atoms with Gasteiger partial charge in [-0.3, -0.25) is 4.79 Å². The highest BCUT2D eigenvalue weighted by Gasteiger charge is 2.18. The summed E-state index contributed by atoms with van der Waals surface area (Å²) in [5, 5.41) is 7.14. The first-order valence-corrected chi connectivity index (χ1v) is 9.04. The summed E-state index contributed by atoms with van der Waals surface area (Å²) in [6.45, 7) is 1.92. The molecule has 4 rings (SSSR count). The van der Waals surface area contributed by atoms with Crippen molar-refractivity contribution in [1.29, 1.82) is 0 Å². The van der Waals surface area contributed by atoms with E-state index in [9.17, 15) is 4.79 Å². The number of hydrogen-bond donors (Lipinski definition) is 2. The first kappa shape index (κ1) is 15.7. The number of thiophene rings is 1.